The van der Waals surface area contributed by atoms with Gasteiger partial charge in [0.1, 0.15) is 12.6 Å². The van der Waals surface area contributed by atoms with E-state index in [0.29, 0.717) is 12.5 Å². The van der Waals surface area contributed by atoms with Crippen molar-refractivity contribution in [2.45, 2.75) is 6.92 Å². The van der Waals surface area contributed by atoms with Crippen LogP contribution in [0.1, 0.15) is 5.82 Å². The van der Waals surface area contributed by atoms with Gasteiger partial charge in [-0.15, -0.1) is 0 Å². The van der Waals surface area contributed by atoms with Gasteiger partial charge in [0.15, 0.2) is 5.75 Å². The quantitative estimate of drug-likeness (QED) is 0.636. The van der Waals surface area contributed by atoms with E-state index in [1.165, 1.54) is 0 Å². The first-order valence-corrected chi connectivity index (χ1v) is 3.39. The van der Waals surface area contributed by atoms with E-state index >= 15 is 0 Å². The van der Waals surface area contributed by atoms with Gasteiger partial charge in [0.05, 0.1) is 12.4 Å². The Hall–Kier alpha value is -1.16. The molecule has 1 aromatic heterocycles. The zero-order valence-corrected chi connectivity index (χ0v) is 6.66. The number of ether oxygens (including phenoxy) is 1. The summed E-state index contributed by atoms with van der Waals surface area (Å²) >= 11 is 0. The van der Waals surface area contributed by atoms with E-state index in [1.807, 2.05) is 14.0 Å². The van der Waals surface area contributed by atoms with Crippen molar-refractivity contribution in [3.05, 3.63) is 18.2 Å². The molecule has 11 heavy (non-hydrogen) atoms. The van der Waals surface area contributed by atoms with Crippen LogP contribution in [-0.2, 0) is 0 Å². The van der Waals surface area contributed by atoms with Gasteiger partial charge in [0.2, 0.25) is 0 Å². The lowest BCUT2D eigenvalue weighted by Crippen LogP contribution is -2.14. The normalized spacial score (nSPS) is 9.64. The van der Waals surface area contributed by atoms with Crippen LogP contribution >= 0.6 is 0 Å². The van der Waals surface area contributed by atoms with Crippen LogP contribution in [0.15, 0.2) is 12.4 Å². The lowest BCUT2D eigenvalue weighted by atomic mass is 10.6. The molecule has 4 heteroatoms. The fourth-order valence-electron chi connectivity index (χ4n) is 0.611. The fourth-order valence-corrected chi connectivity index (χ4v) is 0.611. The molecule has 0 unspecified atom stereocenters. The van der Waals surface area contributed by atoms with E-state index in [2.05, 4.69) is 15.3 Å². The first-order valence-electron chi connectivity index (χ1n) is 3.39. The smallest absolute Gasteiger partial charge is 0.157 e. The Balaban J connectivity index is 2.52. The number of aromatic nitrogens is 2. The fraction of sp³-hybridized carbons (Fsp3) is 0.429. The van der Waals surface area contributed by atoms with Crippen LogP contribution in [-0.4, -0.2) is 23.7 Å². The Morgan fingerprint density at radius 3 is 2.64 bits per heavy atom. The molecular formula is C7H11N3O. The molecule has 1 aromatic rings. The summed E-state index contributed by atoms with van der Waals surface area (Å²) < 4.78 is 5.17. The molecule has 0 aliphatic rings. The van der Waals surface area contributed by atoms with Gasteiger partial charge in [-0.3, -0.25) is 5.32 Å². The molecule has 1 N–H and O–H groups in total. The Bertz CT molecular complexity index is 209. The molecule has 0 aromatic carbocycles. The van der Waals surface area contributed by atoms with Crippen LogP contribution in [0, 0.1) is 6.92 Å². The molecule has 0 spiro atoms. The maximum Gasteiger partial charge on any atom is 0.157 e. The van der Waals surface area contributed by atoms with Crippen molar-refractivity contribution < 1.29 is 4.74 Å². The second kappa shape index (κ2) is 3.88. The number of hydrogen-bond acceptors (Lipinski definition) is 4. The van der Waals surface area contributed by atoms with E-state index in [0.717, 1.165) is 5.82 Å². The topological polar surface area (TPSA) is 47.0 Å². The average Bonchev–Trinajstić information content (AvgIpc) is 2.04. The van der Waals surface area contributed by atoms with Gasteiger partial charge >= 0.3 is 0 Å². The predicted molar refractivity (Wildman–Crippen MR) is 41.3 cm³/mol. The lowest BCUT2D eigenvalue weighted by molar-refractivity contribution is 0.293. The third-order valence-corrected chi connectivity index (χ3v) is 1.14. The zero-order valence-electron chi connectivity index (χ0n) is 6.66. The Kier molecular flexibility index (Phi) is 2.80. The van der Waals surface area contributed by atoms with E-state index in [-0.39, 0.29) is 0 Å². The summed E-state index contributed by atoms with van der Waals surface area (Å²) in [6.07, 6.45) is 3.30. The van der Waals surface area contributed by atoms with Crippen molar-refractivity contribution in [1.82, 2.24) is 15.3 Å². The molecule has 0 saturated heterocycles. The Morgan fingerprint density at radius 2 is 2.09 bits per heavy atom. The summed E-state index contributed by atoms with van der Waals surface area (Å²) in [6.45, 7) is 2.31. The number of rotatable bonds is 3. The summed E-state index contributed by atoms with van der Waals surface area (Å²) in [4.78, 5) is 7.94. The lowest BCUT2D eigenvalue weighted by Gasteiger charge is -2.02. The van der Waals surface area contributed by atoms with Crippen molar-refractivity contribution in [3.8, 4) is 5.75 Å². The highest BCUT2D eigenvalue weighted by molar-refractivity contribution is 5.11. The van der Waals surface area contributed by atoms with E-state index in [9.17, 15) is 0 Å². The van der Waals surface area contributed by atoms with Crippen LogP contribution in [0.3, 0.4) is 0 Å². The van der Waals surface area contributed by atoms with Gasteiger partial charge in [0.25, 0.3) is 0 Å². The molecule has 0 aliphatic heterocycles. The van der Waals surface area contributed by atoms with E-state index < -0.39 is 0 Å². The minimum absolute atomic E-state index is 0.479. The molecule has 0 amide bonds. The van der Waals surface area contributed by atoms with Crippen molar-refractivity contribution in [2.75, 3.05) is 13.8 Å². The number of nitrogens with zero attached hydrogens (tertiary/aromatic N) is 2. The van der Waals surface area contributed by atoms with Gasteiger partial charge in [-0.2, -0.15) is 0 Å². The van der Waals surface area contributed by atoms with Crippen LogP contribution in [0.4, 0.5) is 0 Å². The molecule has 4 nitrogen and oxygen atoms in total. The number of aryl methyl sites for hydroxylation is 1. The predicted octanol–water partition coefficient (Wildman–Crippen LogP) is 0.341. The summed E-state index contributed by atoms with van der Waals surface area (Å²) in [7, 11) is 1.81. The summed E-state index contributed by atoms with van der Waals surface area (Å²) in [5.41, 5.74) is 0. The maximum absolute atomic E-state index is 5.17. The van der Waals surface area contributed by atoms with Gasteiger partial charge in [0, 0.05) is 0 Å². The van der Waals surface area contributed by atoms with Crippen molar-refractivity contribution in [1.29, 1.82) is 0 Å². The van der Waals surface area contributed by atoms with Crippen molar-refractivity contribution in [3.63, 3.8) is 0 Å². The molecular weight excluding hydrogens is 142 g/mol. The van der Waals surface area contributed by atoms with Gasteiger partial charge < -0.3 is 4.74 Å². The van der Waals surface area contributed by atoms with Crippen LogP contribution in [0.5, 0.6) is 5.75 Å². The number of hydrogen-bond donors (Lipinski definition) is 1. The highest BCUT2D eigenvalue weighted by Crippen LogP contribution is 2.03. The zero-order chi connectivity index (χ0) is 8.10. The largest absolute Gasteiger partial charge is 0.475 e. The summed E-state index contributed by atoms with van der Waals surface area (Å²) in [6, 6.07) is 0. The van der Waals surface area contributed by atoms with Crippen molar-refractivity contribution >= 4 is 0 Å². The monoisotopic (exact) mass is 153 g/mol. The first-order chi connectivity index (χ1) is 5.33. The Morgan fingerprint density at radius 1 is 1.45 bits per heavy atom. The van der Waals surface area contributed by atoms with Crippen LogP contribution in [0.25, 0.3) is 0 Å². The molecule has 1 rings (SSSR count). The van der Waals surface area contributed by atoms with Crippen LogP contribution in [0.2, 0.25) is 0 Å². The minimum atomic E-state index is 0.479. The van der Waals surface area contributed by atoms with Gasteiger partial charge in [-0.05, 0) is 14.0 Å². The second-order valence-electron chi connectivity index (χ2n) is 2.11. The molecule has 0 fully saturated rings. The summed E-state index contributed by atoms with van der Waals surface area (Å²) in [5, 5.41) is 2.85. The molecule has 60 valence electrons. The third-order valence-electron chi connectivity index (χ3n) is 1.14. The highest BCUT2D eigenvalue weighted by atomic mass is 16.5. The van der Waals surface area contributed by atoms with Gasteiger partial charge in [-0.1, -0.05) is 0 Å². The van der Waals surface area contributed by atoms with E-state index in [1.54, 1.807) is 12.4 Å². The number of nitrogens with one attached hydrogen (secondary N) is 1. The molecule has 0 radical (unpaired) electrons. The second-order valence-corrected chi connectivity index (χ2v) is 2.11. The standard InChI is InChI=1S/C7H11N3O/c1-6-9-3-7(4-10-6)11-5-8-2/h3-4,8H,5H2,1-2H3. The summed E-state index contributed by atoms with van der Waals surface area (Å²) in [5.74, 6) is 1.44. The van der Waals surface area contributed by atoms with Gasteiger partial charge in [-0.25, -0.2) is 9.97 Å². The molecule has 0 aliphatic carbocycles. The maximum atomic E-state index is 5.17. The first kappa shape index (κ1) is 7.94. The minimum Gasteiger partial charge on any atom is -0.475 e. The van der Waals surface area contributed by atoms with Crippen LogP contribution < -0.4 is 10.1 Å². The average molecular weight is 153 g/mol. The molecule has 0 atom stereocenters. The molecule has 0 bridgehead atoms. The molecule has 1 heterocycles. The molecule has 0 saturated carbocycles. The highest BCUT2D eigenvalue weighted by Gasteiger charge is 1.91. The van der Waals surface area contributed by atoms with Crippen molar-refractivity contribution in [2.24, 2.45) is 0 Å². The van der Waals surface area contributed by atoms with E-state index in [4.69, 9.17) is 4.74 Å². The SMILES string of the molecule is CNCOc1cnc(C)nc1. The Labute approximate surface area is 65.6 Å². The third kappa shape index (κ3) is 2.51.